The van der Waals surface area contributed by atoms with Crippen molar-refractivity contribution < 1.29 is 18.9 Å². The van der Waals surface area contributed by atoms with Crippen molar-refractivity contribution in [2.75, 3.05) is 45.5 Å². The molecule has 0 bridgehead atoms. The molecule has 7 nitrogen and oxygen atoms in total. The van der Waals surface area contributed by atoms with Gasteiger partial charge in [-0.25, -0.2) is 9.97 Å². The molecule has 0 aliphatic carbocycles. The summed E-state index contributed by atoms with van der Waals surface area (Å²) in [6.07, 6.45) is 7.33. The van der Waals surface area contributed by atoms with Crippen molar-refractivity contribution in [1.82, 2.24) is 9.97 Å². The molecular weight excluding hydrogens is 569 g/mol. The summed E-state index contributed by atoms with van der Waals surface area (Å²) >= 11 is 2.25. The lowest BCUT2D eigenvalue weighted by atomic mass is 10.1. The molecule has 36 heavy (non-hydrogen) atoms. The lowest BCUT2D eigenvalue weighted by Crippen LogP contribution is -2.13. The van der Waals surface area contributed by atoms with E-state index >= 15 is 0 Å². The number of halogens is 1. The van der Waals surface area contributed by atoms with E-state index in [1.165, 1.54) is 0 Å². The van der Waals surface area contributed by atoms with Crippen LogP contribution in [0, 0.1) is 15.9 Å². The summed E-state index contributed by atoms with van der Waals surface area (Å²) < 4.78 is 23.3. The Balaban J connectivity index is 1.89. The van der Waals surface area contributed by atoms with Gasteiger partial charge in [0.25, 0.3) is 0 Å². The number of aromatic nitrogens is 2. The van der Waals surface area contributed by atoms with Gasteiger partial charge in [0.2, 0.25) is 0 Å². The Bertz CT molecular complexity index is 1360. The van der Waals surface area contributed by atoms with Gasteiger partial charge in [-0.1, -0.05) is 24.1 Å². The Morgan fingerprint density at radius 1 is 0.833 bits per heavy atom. The molecule has 184 valence electrons. The van der Waals surface area contributed by atoms with Crippen LogP contribution in [0.2, 0.25) is 0 Å². The van der Waals surface area contributed by atoms with E-state index in [9.17, 15) is 0 Å². The molecule has 0 spiro atoms. The smallest absolute Gasteiger partial charge is 0.163 e. The molecular formula is C28H26IN3O4. The van der Waals surface area contributed by atoms with Gasteiger partial charge in [-0.2, -0.15) is 0 Å². The zero-order valence-electron chi connectivity index (χ0n) is 20.1. The Morgan fingerprint density at radius 2 is 1.53 bits per heavy atom. The molecule has 3 aromatic carbocycles. The lowest BCUT2D eigenvalue weighted by molar-refractivity contribution is 0.132. The van der Waals surface area contributed by atoms with E-state index < -0.39 is 0 Å². The van der Waals surface area contributed by atoms with E-state index in [2.05, 4.69) is 38.4 Å². The number of hydrogen-bond acceptors (Lipinski definition) is 7. The average molecular weight is 595 g/mol. The van der Waals surface area contributed by atoms with Crippen LogP contribution in [0.1, 0.15) is 5.56 Å². The molecule has 4 rings (SSSR count). The third-order valence-corrected chi connectivity index (χ3v) is 6.30. The SMILES string of the molecule is C#Cc1cc(N(c2ccccc2)c2ncnc3cc(OCCOC)c(OCCOC)cc23)ccc1I. The molecule has 0 unspecified atom stereocenters. The maximum Gasteiger partial charge on any atom is 0.163 e. The number of anilines is 3. The minimum Gasteiger partial charge on any atom is -0.487 e. The third kappa shape index (κ3) is 5.87. The predicted molar refractivity (Wildman–Crippen MR) is 150 cm³/mol. The minimum atomic E-state index is 0.372. The fraction of sp³-hybridized carbons (Fsp3) is 0.214. The monoisotopic (exact) mass is 595 g/mol. The first kappa shape index (κ1) is 25.7. The molecule has 1 aromatic heterocycles. The first-order valence-corrected chi connectivity index (χ1v) is 12.4. The molecule has 8 heteroatoms. The summed E-state index contributed by atoms with van der Waals surface area (Å²) in [5.74, 6) is 4.62. The normalized spacial score (nSPS) is 10.7. The zero-order valence-corrected chi connectivity index (χ0v) is 22.3. The highest BCUT2D eigenvalue weighted by Crippen LogP contribution is 2.41. The third-order valence-electron chi connectivity index (χ3n) is 5.36. The van der Waals surface area contributed by atoms with Gasteiger partial charge in [-0.3, -0.25) is 4.90 Å². The van der Waals surface area contributed by atoms with Crippen LogP contribution in [-0.2, 0) is 9.47 Å². The molecule has 0 aliphatic heterocycles. The van der Waals surface area contributed by atoms with Crippen molar-refractivity contribution in [3.63, 3.8) is 0 Å². The predicted octanol–water partition coefficient (Wildman–Crippen LogP) is 5.74. The van der Waals surface area contributed by atoms with Crippen LogP contribution in [0.5, 0.6) is 11.5 Å². The van der Waals surface area contributed by atoms with Crippen LogP contribution < -0.4 is 14.4 Å². The Kier molecular flexibility index (Phi) is 8.95. The maximum atomic E-state index is 6.02. The van der Waals surface area contributed by atoms with Gasteiger partial charge in [0, 0.05) is 46.2 Å². The van der Waals surface area contributed by atoms with Gasteiger partial charge in [0.15, 0.2) is 11.5 Å². The quantitative estimate of drug-likeness (QED) is 0.125. The second-order valence-electron chi connectivity index (χ2n) is 7.68. The number of methoxy groups -OCH3 is 2. The van der Waals surface area contributed by atoms with Gasteiger partial charge in [0.1, 0.15) is 25.4 Å². The minimum absolute atomic E-state index is 0.372. The summed E-state index contributed by atoms with van der Waals surface area (Å²) in [6, 6.07) is 19.8. The van der Waals surface area contributed by atoms with Gasteiger partial charge in [-0.05, 0) is 59.0 Å². The van der Waals surface area contributed by atoms with Crippen molar-refractivity contribution >= 4 is 50.7 Å². The lowest BCUT2D eigenvalue weighted by Gasteiger charge is -2.26. The molecule has 0 atom stereocenters. The van der Waals surface area contributed by atoms with E-state index in [4.69, 9.17) is 30.4 Å². The number of nitrogens with zero attached hydrogens (tertiary/aromatic N) is 3. The number of ether oxygens (including phenoxy) is 4. The van der Waals surface area contributed by atoms with Crippen molar-refractivity contribution in [2.45, 2.75) is 0 Å². The summed E-state index contributed by atoms with van der Waals surface area (Å²) in [7, 11) is 3.27. The van der Waals surface area contributed by atoms with Crippen LogP contribution in [0.25, 0.3) is 10.9 Å². The topological polar surface area (TPSA) is 65.9 Å². The second-order valence-corrected chi connectivity index (χ2v) is 8.84. The van der Waals surface area contributed by atoms with Crippen molar-refractivity contribution in [3.05, 3.63) is 76.1 Å². The number of rotatable bonds is 11. The zero-order chi connectivity index (χ0) is 25.3. The van der Waals surface area contributed by atoms with Gasteiger partial charge in [-0.15, -0.1) is 6.42 Å². The fourth-order valence-corrected chi connectivity index (χ4v) is 4.15. The summed E-state index contributed by atoms with van der Waals surface area (Å²) in [5, 5.41) is 0.800. The molecule has 0 fully saturated rings. The molecule has 0 radical (unpaired) electrons. The second kappa shape index (κ2) is 12.5. The van der Waals surface area contributed by atoms with E-state index in [0.29, 0.717) is 43.7 Å². The first-order chi connectivity index (χ1) is 17.7. The average Bonchev–Trinajstić information content (AvgIpc) is 2.91. The number of fused-ring (bicyclic) bond motifs is 1. The number of benzene rings is 3. The van der Waals surface area contributed by atoms with Crippen molar-refractivity contribution in [2.24, 2.45) is 0 Å². The van der Waals surface area contributed by atoms with E-state index in [-0.39, 0.29) is 0 Å². The fourth-order valence-electron chi connectivity index (χ4n) is 3.66. The van der Waals surface area contributed by atoms with Crippen LogP contribution in [-0.4, -0.2) is 50.6 Å². The van der Waals surface area contributed by atoms with Crippen LogP contribution >= 0.6 is 22.6 Å². The van der Waals surface area contributed by atoms with E-state index in [0.717, 1.165) is 31.4 Å². The van der Waals surface area contributed by atoms with Crippen LogP contribution in [0.15, 0.2) is 67.0 Å². The largest absolute Gasteiger partial charge is 0.487 e. The Morgan fingerprint density at radius 3 is 2.19 bits per heavy atom. The highest BCUT2D eigenvalue weighted by Gasteiger charge is 2.20. The molecule has 0 amide bonds. The molecule has 4 aromatic rings. The first-order valence-electron chi connectivity index (χ1n) is 11.3. The number of hydrogen-bond donors (Lipinski definition) is 0. The van der Waals surface area contributed by atoms with Gasteiger partial charge < -0.3 is 18.9 Å². The molecule has 0 saturated carbocycles. The Hall–Kier alpha value is -3.39. The van der Waals surface area contributed by atoms with E-state index in [1.807, 2.05) is 60.7 Å². The van der Waals surface area contributed by atoms with Crippen LogP contribution in [0.3, 0.4) is 0 Å². The molecule has 0 N–H and O–H groups in total. The summed E-state index contributed by atoms with van der Waals surface area (Å²) in [6.45, 7) is 1.66. The standard InChI is InChI=1S/C28H26IN3O4/c1-4-20-16-22(10-11-24(20)29)32(21-8-6-5-7-9-21)28-23-17-26(35-14-12-33-2)27(36-15-13-34-3)18-25(23)30-19-31-28/h1,5-11,16-19H,12-15H2,2-3H3. The number of para-hydroxylation sites is 1. The Labute approximate surface area is 224 Å². The van der Waals surface area contributed by atoms with E-state index in [1.54, 1.807) is 20.5 Å². The summed E-state index contributed by atoms with van der Waals surface area (Å²) in [5.41, 5.74) is 3.35. The molecule has 0 saturated heterocycles. The maximum absolute atomic E-state index is 6.02. The number of terminal acetylenes is 1. The van der Waals surface area contributed by atoms with Gasteiger partial charge >= 0.3 is 0 Å². The summed E-state index contributed by atoms with van der Waals surface area (Å²) in [4.78, 5) is 11.3. The highest BCUT2D eigenvalue weighted by atomic mass is 127. The highest BCUT2D eigenvalue weighted by molar-refractivity contribution is 14.1. The van der Waals surface area contributed by atoms with Crippen molar-refractivity contribution in [3.8, 4) is 23.8 Å². The molecule has 0 aliphatic rings. The molecule has 1 heterocycles. The van der Waals surface area contributed by atoms with Crippen LogP contribution in [0.4, 0.5) is 17.2 Å². The van der Waals surface area contributed by atoms with Gasteiger partial charge in [0.05, 0.1) is 18.7 Å². The van der Waals surface area contributed by atoms with Crippen molar-refractivity contribution in [1.29, 1.82) is 0 Å².